The van der Waals surface area contributed by atoms with Crippen molar-refractivity contribution in [3.63, 3.8) is 0 Å². The van der Waals surface area contributed by atoms with Gasteiger partial charge in [-0.25, -0.2) is 4.98 Å². The number of hydrogen-bond donors (Lipinski definition) is 2. The minimum absolute atomic E-state index is 0.336. The standard InChI is InChI=1S/C14H25N3S/c1-12-8-17-13(18-12)9-16-11-14(10-15)6-4-2-3-5-7-14/h8,16H,2-7,9-11,15H2,1H3. The number of thiazole rings is 1. The fourth-order valence-electron chi connectivity index (χ4n) is 2.85. The maximum atomic E-state index is 6.04. The molecule has 1 aromatic heterocycles. The van der Waals surface area contributed by atoms with E-state index in [0.717, 1.165) is 19.6 Å². The predicted molar refractivity (Wildman–Crippen MR) is 77.7 cm³/mol. The highest BCUT2D eigenvalue weighted by molar-refractivity contribution is 7.11. The molecule has 1 saturated carbocycles. The molecule has 0 atom stereocenters. The van der Waals surface area contributed by atoms with E-state index in [1.54, 1.807) is 11.3 Å². The van der Waals surface area contributed by atoms with E-state index in [-0.39, 0.29) is 0 Å². The molecule has 1 fully saturated rings. The van der Waals surface area contributed by atoms with Crippen molar-refractivity contribution in [2.45, 2.75) is 52.0 Å². The molecule has 0 saturated heterocycles. The minimum atomic E-state index is 0.336. The van der Waals surface area contributed by atoms with Crippen molar-refractivity contribution in [2.75, 3.05) is 13.1 Å². The Labute approximate surface area is 114 Å². The van der Waals surface area contributed by atoms with Crippen LogP contribution in [0.4, 0.5) is 0 Å². The Morgan fingerprint density at radius 1 is 1.33 bits per heavy atom. The first-order chi connectivity index (χ1) is 8.74. The second-order valence-corrected chi connectivity index (χ2v) is 6.91. The molecule has 1 heterocycles. The summed E-state index contributed by atoms with van der Waals surface area (Å²) in [7, 11) is 0. The first kappa shape index (κ1) is 14.0. The van der Waals surface area contributed by atoms with Crippen LogP contribution in [0.1, 0.15) is 48.4 Å². The molecule has 0 aliphatic heterocycles. The molecule has 0 amide bonds. The van der Waals surface area contributed by atoms with Crippen LogP contribution in [0.25, 0.3) is 0 Å². The molecule has 4 heteroatoms. The summed E-state index contributed by atoms with van der Waals surface area (Å²) in [5.74, 6) is 0. The summed E-state index contributed by atoms with van der Waals surface area (Å²) in [6, 6.07) is 0. The van der Waals surface area contributed by atoms with Crippen molar-refractivity contribution in [3.05, 3.63) is 16.1 Å². The smallest absolute Gasteiger partial charge is 0.107 e. The summed E-state index contributed by atoms with van der Waals surface area (Å²) in [6.07, 6.45) is 9.97. The fraction of sp³-hybridized carbons (Fsp3) is 0.786. The molecule has 0 aromatic carbocycles. The third-order valence-electron chi connectivity index (χ3n) is 4.04. The van der Waals surface area contributed by atoms with Crippen LogP contribution in [0.2, 0.25) is 0 Å². The molecule has 3 N–H and O–H groups in total. The third-order valence-corrected chi connectivity index (χ3v) is 4.96. The van der Waals surface area contributed by atoms with Crippen molar-refractivity contribution < 1.29 is 0 Å². The molecular weight excluding hydrogens is 242 g/mol. The number of aryl methyl sites for hydroxylation is 1. The van der Waals surface area contributed by atoms with Crippen LogP contribution in [0.3, 0.4) is 0 Å². The van der Waals surface area contributed by atoms with Crippen molar-refractivity contribution in [1.29, 1.82) is 0 Å². The molecule has 3 nitrogen and oxygen atoms in total. The average Bonchev–Trinajstić information content (AvgIpc) is 2.65. The van der Waals surface area contributed by atoms with E-state index in [1.165, 1.54) is 48.4 Å². The second kappa shape index (κ2) is 6.64. The highest BCUT2D eigenvalue weighted by Gasteiger charge is 2.28. The van der Waals surface area contributed by atoms with Crippen LogP contribution in [-0.4, -0.2) is 18.1 Å². The molecule has 0 bridgehead atoms. The summed E-state index contributed by atoms with van der Waals surface area (Å²) in [5, 5.41) is 4.76. The molecule has 0 radical (unpaired) electrons. The summed E-state index contributed by atoms with van der Waals surface area (Å²) in [5.41, 5.74) is 6.37. The van der Waals surface area contributed by atoms with Gasteiger partial charge in [0.2, 0.25) is 0 Å². The summed E-state index contributed by atoms with van der Waals surface area (Å²) >= 11 is 1.78. The van der Waals surface area contributed by atoms with Gasteiger partial charge in [0.1, 0.15) is 5.01 Å². The number of nitrogens with zero attached hydrogens (tertiary/aromatic N) is 1. The monoisotopic (exact) mass is 267 g/mol. The van der Waals surface area contributed by atoms with Gasteiger partial charge < -0.3 is 11.1 Å². The molecule has 0 spiro atoms. The number of hydrogen-bond acceptors (Lipinski definition) is 4. The molecular formula is C14H25N3S. The van der Waals surface area contributed by atoms with Crippen LogP contribution in [-0.2, 0) is 6.54 Å². The number of nitrogens with two attached hydrogens (primary N) is 1. The topological polar surface area (TPSA) is 50.9 Å². The van der Waals surface area contributed by atoms with E-state index in [2.05, 4.69) is 17.2 Å². The Balaban J connectivity index is 1.82. The lowest BCUT2D eigenvalue weighted by Gasteiger charge is -2.31. The van der Waals surface area contributed by atoms with Crippen molar-refractivity contribution in [2.24, 2.45) is 11.1 Å². The highest BCUT2D eigenvalue weighted by atomic mass is 32.1. The Kier molecular flexibility index (Phi) is 5.15. The van der Waals surface area contributed by atoms with Gasteiger partial charge >= 0.3 is 0 Å². The second-order valence-electron chi connectivity index (χ2n) is 5.59. The SMILES string of the molecule is Cc1cnc(CNCC2(CN)CCCCCC2)s1. The lowest BCUT2D eigenvalue weighted by atomic mass is 9.80. The van der Waals surface area contributed by atoms with Gasteiger partial charge in [0.15, 0.2) is 0 Å². The minimum Gasteiger partial charge on any atom is -0.330 e. The van der Waals surface area contributed by atoms with Crippen LogP contribution in [0.5, 0.6) is 0 Å². The van der Waals surface area contributed by atoms with Gasteiger partial charge in [-0.2, -0.15) is 0 Å². The van der Waals surface area contributed by atoms with Crippen molar-refractivity contribution in [1.82, 2.24) is 10.3 Å². The quantitative estimate of drug-likeness (QED) is 0.807. The summed E-state index contributed by atoms with van der Waals surface area (Å²) < 4.78 is 0. The van der Waals surface area contributed by atoms with Crippen molar-refractivity contribution in [3.8, 4) is 0 Å². The molecule has 2 rings (SSSR count). The van der Waals surface area contributed by atoms with E-state index in [9.17, 15) is 0 Å². The van der Waals surface area contributed by atoms with E-state index in [1.807, 2.05) is 6.20 Å². The van der Waals surface area contributed by atoms with Crippen LogP contribution < -0.4 is 11.1 Å². The molecule has 102 valence electrons. The predicted octanol–water partition coefficient (Wildman–Crippen LogP) is 2.84. The van der Waals surface area contributed by atoms with Crippen molar-refractivity contribution >= 4 is 11.3 Å². The largest absolute Gasteiger partial charge is 0.330 e. The number of nitrogens with one attached hydrogen (secondary N) is 1. The van der Waals surface area contributed by atoms with E-state index >= 15 is 0 Å². The van der Waals surface area contributed by atoms with Crippen LogP contribution >= 0.6 is 11.3 Å². The van der Waals surface area contributed by atoms with Gasteiger partial charge in [0.25, 0.3) is 0 Å². The molecule has 0 unspecified atom stereocenters. The van der Waals surface area contributed by atoms with Gasteiger partial charge in [-0.3, -0.25) is 0 Å². The van der Waals surface area contributed by atoms with Gasteiger partial charge in [0, 0.05) is 24.2 Å². The lowest BCUT2D eigenvalue weighted by Crippen LogP contribution is -2.39. The Morgan fingerprint density at radius 3 is 2.61 bits per heavy atom. The summed E-state index contributed by atoms with van der Waals surface area (Å²) in [4.78, 5) is 5.68. The maximum Gasteiger partial charge on any atom is 0.107 e. The van der Waals surface area contributed by atoms with E-state index < -0.39 is 0 Å². The van der Waals surface area contributed by atoms with E-state index in [4.69, 9.17) is 5.73 Å². The fourth-order valence-corrected chi connectivity index (χ4v) is 3.61. The van der Waals surface area contributed by atoms with Gasteiger partial charge in [0.05, 0.1) is 0 Å². The Hall–Kier alpha value is -0.450. The van der Waals surface area contributed by atoms with E-state index in [0.29, 0.717) is 5.41 Å². The zero-order valence-electron chi connectivity index (χ0n) is 11.4. The van der Waals surface area contributed by atoms with Gasteiger partial charge in [-0.05, 0) is 31.7 Å². The first-order valence-electron chi connectivity index (χ1n) is 7.06. The average molecular weight is 267 g/mol. The zero-order valence-corrected chi connectivity index (χ0v) is 12.2. The first-order valence-corrected chi connectivity index (χ1v) is 7.88. The molecule has 1 aromatic rings. The number of rotatable bonds is 5. The highest BCUT2D eigenvalue weighted by Crippen LogP contribution is 2.33. The Morgan fingerprint density at radius 2 is 2.06 bits per heavy atom. The van der Waals surface area contributed by atoms with Gasteiger partial charge in [-0.15, -0.1) is 11.3 Å². The molecule has 1 aliphatic rings. The Bertz CT molecular complexity index is 354. The molecule has 18 heavy (non-hydrogen) atoms. The maximum absolute atomic E-state index is 6.04. The summed E-state index contributed by atoms with van der Waals surface area (Å²) in [6.45, 7) is 4.85. The molecule has 1 aliphatic carbocycles. The lowest BCUT2D eigenvalue weighted by molar-refractivity contribution is 0.242. The normalized spacial score (nSPS) is 19.7. The van der Waals surface area contributed by atoms with Crippen LogP contribution in [0, 0.1) is 12.3 Å². The van der Waals surface area contributed by atoms with Crippen LogP contribution in [0.15, 0.2) is 6.20 Å². The zero-order chi connectivity index (χ0) is 12.8. The van der Waals surface area contributed by atoms with Gasteiger partial charge in [-0.1, -0.05) is 25.7 Å². The number of aromatic nitrogens is 1. The third kappa shape index (κ3) is 3.77.